The Morgan fingerprint density at radius 3 is 2.86 bits per heavy atom. The number of unbranched alkanes of at least 4 members (excludes halogenated alkanes) is 1. The van der Waals surface area contributed by atoms with E-state index in [2.05, 4.69) is 6.92 Å². The minimum Gasteiger partial charge on any atom is -0.342 e. The highest BCUT2D eigenvalue weighted by molar-refractivity contribution is 5.98. The van der Waals surface area contributed by atoms with Crippen molar-refractivity contribution in [1.82, 2.24) is 9.80 Å². The molecule has 1 saturated heterocycles. The molecule has 0 saturated carbocycles. The van der Waals surface area contributed by atoms with E-state index >= 15 is 0 Å². The molecule has 5 nitrogen and oxygen atoms in total. The van der Waals surface area contributed by atoms with Gasteiger partial charge in [-0.05, 0) is 24.6 Å². The van der Waals surface area contributed by atoms with Crippen molar-refractivity contribution in [3.05, 3.63) is 35.4 Å². The quantitative estimate of drug-likeness (QED) is 0.854. The van der Waals surface area contributed by atoms with E-state index in [4.69, 9.17) is 5.26 Å². The average molecular weight is 299 g/mol. The summed E-state index contributed by atoms with van der Waals surface area (Å²) in [4.78, 5) is 28.5. The molecule has 0 N–H and O–H groups in total. The molecule has 0 bridgehead atoms. The number of carbonyl (C=O) groups is 2. The highest BCUT2D eigenvalue weighted by atomic mass is 16.2. The van der Waals surface area contributed by atoms with E-state index in [1.54, 1.807) is 41.1 Å². The molecule has 0 spiro atoms. The standard InChI is InChI=1S/C17H21N3O2/c1-3-4-8-15-17(22)19(2)9-10-20(15)16(21)14-7-5-6-13(11-14)12-18/h5-7,11,15H,3-4,8-10H2,1-2H3. The molecule has 2 amide bonds. The normalized spacial score (nSPS) is 18.2. The number of likely N-dealkylation sites (N-methyl/N-ethyl adjacent to an activating group) is 1. The largest absolute Gasteiger partial charge is 0.342 e. The molecule has 1 aliphatic heterocycles. The molecule has 1 atom stereocenters. The Balaban J connectivity index is 2.25. The first-order chi connectivity index (χ1) is 10.6. The molecule has 1 aromatic carbocycles. The van der Waals surface area contributed by atoms with Crippen LogP contribution < -0.4 is 0 Å². The minimum atomic E-state index is -0.392. The van der Waals surface area contributed by atoms with Gasteiger partial charge in [0, 0.05) is 25.7 Å². The lowest BCUT2D eigenvalue weighted by Crippen LogP contribution is -2.57. The van der Waals surface area contributed by atoms with Crippen molar-refractivity contribution < 1.29 is 9.59 Å². The van der Waals surface area contributed by atoms with Gasteiger partial charge in [0.1, 0.15) is 6.04 Å². The second-order valence-corrected chi connectivity index (χ2v) is 5.61. The third-order valence-electron chi connectivity index (χ3n) is 4.04. The number of benzene rings is 1. The van der Waals surface area contributed by atoms with Crippen molar-refractivity contribution >= 4 is 11.8 Å². The second-order valence-electron chi connectivity index (χ2n) is 5.61. The van der Waals surface area contributed by atoms with Crippen LogP contribution in [0.25, 0.3) is 0 Å². The van der Waals surface area contributed by atoms with Crippen LogP contribution in [0.3, 0.4) is 0 Å². The van der Waals surface area contributed by atoms with E-state index < -0.39 is 6.04 Å². The summed E-state index contributed by atoms with van der Waals surface area (Å²) in [6.07, 6.45) is 2.58. The van der Waals surface area contributed by atoms with Gasteiger partial charge >= 0.3 is 0 Å². The topological polar surface area (TPSA) is 64.4 Å². The molecule has 1 unspecified atom stereocenters. The molecule has 1 aliphatic rings. The van der Waals surface area contributed by atoms with Crippen LogP contribution in [0.4, 0.5) is 0 Å². The lowest BCUT2D eigenvalue weighted by Gasteiger charge is -2.39. The minimum absolute atomic E-state index is 0.00416. The number of piperazine rings is 1. The van der Waals surface area contributed by atoms with Crippen LogP contribution in [0, 0.1) is 11.3 Å². The number of carbonyl (C=O) groups excluding carboxylic acids is 2. The Morgan fingerprint density at radius 1 is 1.41 bits per heavy atom. The zero-order valence-corrected chi connectivity index (χ0v) is 13.1. The molecule has 0 radical (unpaired) electrons. The van der Waals surface area contributed by atoms with Crippen LogP contribution in [-0.2, 0) is 4.79 Å². The summed E-state index contributed by atoms with van der Waals surface area (Å²) < 4.78 is 0. The maximum Gasteiger partial charge on any atom is 0.254 e. The second kappa shape index (κ2) is 7.08. The Bertz CT molecular complexity index is 606. The molecule has 22 heavy (non-hydrogen) atoms. The van der Waals surface area contributed by atoms with Gasteiger partial charge in [-0.15, -0.1) is 0 Å². The van der Waals surface area contributed by atoms with Gasteiger partial charge in [0.05, 0.1) is 11.6 Å². The SMILES string of the molecule is CCCCC1C(=O)N(C)CCN1C(=O)c1cccc(C#N)c1. The lowest BCUT2D eigenvalue weighted by molar-refractivity contribution is -0.138. The zero-order valence-electron chi connectivity index (χ0n) is 13.1. The highest BCUT2D eigenvalue weighted by Gasteiger charge is 2.35. The Morgan fingerprint density at radius 2 is 2.18 bits per heavy atom. The van der Waals surface area contributed by atoms with Crippen molar-refractivity contribution in [2.45, 2.75) is 32.2 Å². The van der Waals surface area contributed by atoms with E-state index in [-0.39, 0.29) is 11.8 Å². The van der Waals surface area contributed by atoms with E-state index in [0.29, 0.717) is 30.6 Å². The van der Waals surface area contributed by atoms with Gasteiger partial charge in [-0.1, -0.05) is 25.8 Å². The fourth-order valence-electron chi connectivity index (χ4n) is 2.72. The molecule has 1 heterocycles. The van der Waals surface area contributed by atoms with Gasteiger partial charge < -0.3 is 9.80 Å². The summed E-state index contributed by atoms with van der Waals surface area (Å²) in [5, 5.41) is 8.96. The summed E-state index contributed by atoms with van der Waals surface area (Å²) in [7, 11) is 1.78. The van der Waals surface area contributed by atoms with E-state index in [9.17, 15) is 9.59 Å². The van der Waals surface area contributed by atoms with Crippen molar-refractivity contribution in [3.63, 3.8) is 0 Å². The van der Waals surface area contributed by atoms with Crippen LogP contribution >= 0.6 is 0 Å². The van der Waals surface area contributed by atoms with E-state index in [1.807, 2.05) is 6.07 Å². The molecule has 2 rings (SSSR count). The first-order valence-corrected chi connectivity index (χ1v) is 7.64. The van der Waals surface area contributed by atoms with E-state index in [1.165, 1.54) is 0 Å². The van der Waals surface area contributed by atoms with E-state index in [0.717, 1.165) is 12.8 Å². The third-order valence-corrected chi connectivity index (χ3v) is 4.04. The molecule has 0 aromatic heterocycles. The Kier molecular flexibility index (Phi) is 5.16. The number of hydrogen-bond donors (Lipinski definition) is 0. The van der Waals surface area contributed by atoms with Gasteiger partial charge in [-0.25, -0.2) is 0 Å². The van der Waals surface area contributed by atoms with Gasteiger partial charge in [0.25, 0.3) is 5.91 Å². The first kappa shape index (κ1) is 16.0. The molecular formula is C17H21N3O2. The predicted molar refractivity (Wildman–Crippen MR) is 83.1 cm³/mol. The average Bonchev–Trinajstić information content (AvgIpc) is 2.55. The van der Waals surface area contributed by atoms with Crippen LogP contribution in [0.5, 0.6) is 0 Å². The van der Waals surface area contributed by atoms with Gasteiger partial charge in [0.2, 0.25) is 5.91 Å². The predicted octanol–water partition coefficient (Wildman–Crippen LogP) is 2.03. The monoisotopic (exact) mass is 299 g/mol. The van der Waals surface area contributed by atoms with Crippen LogP contribution in [-0.4, -0.2) is 47.8 Å². The molecule has 1 aromatic rings. The maximum atomic E-state index is 12.7. The number of nitrogens with zero attached hydrogens (tertiary/aromatic N) is 3. The van der Waals surface area contributed by atoms with Gasteiger partial charge in [-0.3, -0.25) is 9.59 Å². The fraction of sp³-hybridized carbons (Fsp3) is 0.471. The van der Waals surface area contributed by atoms with Crippen LogP contribution in [0.2, 0.25) is 0 Å². The molecular weight excluding hydrogens is 278 g/mol. The van der Waals surface area contributed by atoms with Gasteiger partial charge in [-0.2, -0.15) is 5.26 Å². The summed E-state index contributed by atoms with van der Waals surface area (Å²) in [5.74, 6) is -0.163. The van der Waals surface area contributed by atoms with Gasteiger partial charge in [0.15, 0.2) is 0 Å². The van der Waals surface area contributed by atoms with Crippen molar-refractivity contribution in [2.75, 3.05) is 20.1 Å². The molecule has 116 valence electrons. The molecule has 1 fully saturated rings. The van der Waals surface area contributed by atoms with Crippen molar-refractivity contribution in [1.29, 1.82) is 5.26 Å². The fourth-order valence-corrected chi connectivity index (χ4v) is 2.72. The Hall–Kier alpha value is -2.35. The molecule has 5 heteroatoms. The Labute approximate surface area is 131 Å². The first-order valence-electron chi connectivity index (χ1n) is 7.64. The van der Waals surface area contributed by atoms with Crippen LogP contribution in [0.15, 0.2) is 24.3 Å². The highest BCUT2D eigenvalue weighted by Crippen LogP contribution is 2.19. The number of hydrogen-bond acceptors (Lipinski definition) is 3. The summed E-state index contributed by atoms with van der Waals surface area (Å²) in [5.41, 5.74) is 0.925. The number of amides is 2. The van der Waals surface area contributed by atoms with Crippen molar-refractivity contribution in [2.24, 2.45) is 0 Å². The summed E-state index contributed by atoms with van der Waals surface area (Å²) in [6.45, 7) is 3.15. The summed E-state index contributed by atoms with van der Waals surface area (Å²) in [6, 6.07) is 8.30. The summed E-state index contributed by atoms with van der Waals surface area (Å²) >= 11 is 0. The third kappa shape index (κ3) is 3.28. The molecule has 0 aliphatic carbocycles. The van der Waals surface area contributed by atoms with Crippen LogP contribution in [0.1, 0.15) is 42.1 Å². The number of nitriles is 1. The lowest BCUT2D eigenvalue weighted by atomic mass is 10.0. The maximum absolute atomic E-state index is 12.7. The number of rotatable bonds is 4. The van der Waals surface area contributed by atoms with Crippen molar-refractivity contribution in [3.8, 4) is 6.07 Å². The smallest absolute Gasteiger partial charge is 0.254 e. The zero-order chi connectivity index (χ0) is 16.1.